The van der Waals surface area contributed by atoms with Gasteiger partial charge in [0, 0.05) is 26.4 Å². The smallest absolute Gasteiger partial charge is 0.0701 e. The lowest BCUT2D eigenvalue weighted by Crippen LogP contribution is -2.33. The summed E-state index contributed by atoms with van der Waals surface area (Å²) in [5.74, 6) is 0.516. The van der Waals surface area contributed by atoms with Crippen LogP contribution in [-0.4, -0.2) is 46.2 Å². The zero-order valence-corrected chi connectivity index (χ0v) is 10.9. The minimum atomic E-state index is 0.137. The molecule has 2 N–H and O–H groups in total. The van der Waals surface area contributed by atoms with Gasteiger partial charge >= 0.3 is 0 Å². The molecule has 0 aliphatic rings. The first-order valence-electron chi connectivity index (χ1n) is 6.12. The first-order valence-corrected chi connectivity index (χ1v) is 6.12. The van der Waals surface area contributed by atoms with Crippen molar-refractivity contribution in [3.05, 3.63) is 0 Å². The molecule has 0 fully saturated rings. The Morgan fingerprint density at radius 2 is 1.75 bits per heavy atom. The van der Waals surface area contributed by atoms with Crippen LogP contribution < -0.4 is 5.73 Å². The molecule has 98 valence electrons. The second-order valence-electron chi connectivity index (χ2n) is 4.08. The van der Waals surface area contributed by atoms with E-state index in [4.69, 9.17) is 19.9 Å². The Balaban J connectivity index is 3.14. The zero-order chi connectivity index (χ0) is 12.2. The van der Waals surface area contributed by atoms with Crippen LogP contribution in [0, 0.1) is 5.92 Å². The molecule has 0 radical (unpaired) electrons. The molecule has 0 saturated carbocycles. The van der Waals surface area contributed by atoms with Crippen LogP contribution in [-0.2, 0) is 14.2 Å². The van der Waals surface area contributed by atoms with Crippen LogP contribution in [0.1, 0.15) is 26.7 Å². The molecule has 4 nitrogen and oxygen atoms in total. The van der Waals surface area contributed by atoms with Gasteiger partial charge in [-0.15, -0.1) is 0 Å². The van der Waals surface area contributed by atoms with Gasteiger partial charge in [0.05, 0.1) is 19.8 Å². The summed E-state index contributed by atoms with van der Waals surface area (Å²) in [5.41, 5.74) is 5.93. The van der Waals surface area contributed by atoms with E-state index in [1.807, 2.05) is 0 Å². The second kappa shape index (κ2) is 11.3. The summed E-state index contributed by atoms with van der Waals surface area (Å²) in [6.07, 6.45) is 2.03. The zero-order valence-electron chi connectivity index (χ0n) is 10.9. The fourth-order valence-corrected chi connectivity index (χ4v) is 1.21. The molecule has 0 rings (SSSR count). The molecule has 2 unspecified atom stereocenters. The van der Waals surface area contributed by atoms with Gasteiger partial charge in [0.2, 0.25) is 0 Å². The maximum atomic E-state index is 5.93. The van der Waals surface area contributed by atoms with Crippen molar-refractivity contribution in [3.8, 4) is 0 Å². The maximum Gasteiger partial charge on any atom is 0.0701 e. The number of hydrogen-bond donors (Lipinski definition) is 1. The molecule has 0 aliphatic carbocycles. The van der Waals surface area contributed by atoms with E-state index in [-0.39, 0.29) is 6.04 Å². The molecule has 0 aromatic rings. The van der Waals surface area contributed by atoms with E-state index in [2.05, 4.69) is 13.8 Å². The number of ether oxygens (including phenoxy) is 3. The summed E-state index contributed by atoms with van der Waals surface area (Å²) in [6, 6.07) is 0.137. The largest absolute Gasteiger partial charge is 0.385 e. The quantitative estimate of drug-likeness (QED) is 0.549. The molecule has 0 saturated heterocycles. The van der Waals surface area contributed by atoms with E-state index in [0.29, 0.717) is 25.7 Å². The Hall–Kier alpha value is -0.160. The minimum absolute atomic E-state index is 0.137. The van der Waals surface area contributed by atoms with Crippen LogP contribution in [0.15, 0.2) is 0 Å². The van der Waals surface area contributed by atoms with Crippen molar-refractivity contribution < 1.29 is 14.2 Å². The second-order valence-corrected chi connectivity index (χ2v) is 4.08. The molecule has 0 heterocycles. The van der Waals surface area contributed by atoms with Gasteiger partial charge in [0.25, 0.3) is 0 Å². The summed E-state index contributed by atoms with van der Waals surface area (Å²) >= 11 is 0. The molecule has 16 heavy (non-hydrogen) atoms. The number of rotatable bonds is 11. The highest BCUT2D eigenvalue weighted by atomic mass is 16.5. The third-order valence-corrected chi connectivity index (χ3v) is 2.69. The van der Waals surface area contributed by atoms with E-state index in [1.54, 1.807) is 7.11 Å². The lowest BCUT2D eigenvalue weighted by molar-refractivity contribution is 0.0314. The van der Waals surface area contributed by atoms with Crippen molar-refractivity contribution in [2.24, 2.45) is 11.7 Å². The van der Waals surface area contributed by atoms with Crippen LogP contribution >= 0.6 is 0 Å². The Morgan fingerprint density at radius 3 is 2.38 bits per heavy atom. The molecule has 0 amide bonds. The summed E-state index contributed by atoms with van der Waals surface area (Å²) in [7, 11) is 1.69. The Morgan fingerprint density at radius 1 is 1.06 bits per heavy atom. The first-order chi connectivity index (χ1) is 7.72. The molecular formula is C12H27NO3. The van der Waals surface area contributed by atoms with E-state index in [1.165, 1.54) is 0 Å². The fraction of sp³-hybridized carbons (Fsp3) is 1.00. The van der Waals surface area contributed by atoms with Crippen molar-refractivity contribution >= 4 is 0 Å². The summed E-state index contributed by atoms with van der Waals surface area (Å²) in [6.45, 7) is 7.65. The van der Waals surface area contributed by atoms with E-state index in [0.717, 1.165) is 26.1 Å². The van der Waals surface area contributed by atoms with E-state index >= 15 is 0 Å². The van der Waals surface area contributed by atoms with Crippen molar-refractivity contribution in [2.45, 2.75) is 32.7 Å². The number of hydrogen-bond acceptors (Lipinski definition) is 4. The van der Waals surface area contributed by atoms with Crippen LogP contribution in [0.4, 0.5) is 0 Å². The van der Waals surface area contributed by atoms with E-state index < -0.39 is 0 Å². The maximum absolute atomic E-state index is 5.93. The van der Waals surface area contributed by atoms with Crippen LogP contribution in [0.5, 0.6) is 0 Å². The molecule has 4 heteroatoms. The highest BCUT2D eigenvalue weighted by molar-refractivity contribution is 4.66. The Kier molecular flexibility index (Phi) is 11.2. The van der Waals surface area contributed by atoms with Crippen molar-refractivity contribution in [3.63, 3.8) is 0 Å². The van der Waals surface area contributed by atoms with Gasteiger partial charge in [-0.1, -0.05) is 20.3 Å². The molecule has 2 atom stereocenters. The number of methoxy groups -OCH3 is 1. The van der Waals surface area contributed by atoms with Crippen LogP contribution in [0.3, 0.4) is 0 Å². The van der Waals surface area contributed by atoms with Gasteiger partial charge in [-0.05, 0) is 12.3 Å². The van der Waals surface area contributed by atoms with Gasteiger partial charge < -0.3 is 19.9 Å². The van der Waals surface area contributed by atoms with E-state index in [9.17, 15) is 0 Å². The van der Waals surface area contributed by atoms with Crippen LogP contribution in [0.25, 0.3) is 0 Å². The van der Waals surface area contributed by atoms with Gasteiger partial charge in [-0.2, -0.15) is 0 Å². The summed E-state index contributed by atoms with van der Waals surface area (Å²) in [4.78, 5) is 0. The average Bonchev–Trinajstić information content (AvgIpc) is 2.31. The summed E-state index contributed by atoms with van der Waals surface area (Å²) < 4.78 is 15.7. The van der Waals surface area contributed by atoms with Crippen LogP contribution in [0.2, 0.25) is 0 Å². The van der Waals surface area contributed by atoms with Crippen molar-refractivity contribution in [2.75, 3.05) is 40.1 Å². The lowest BCUT2D eigenvalue weighted by atomic mass is 10.0. The fourth-order valence-electron chi connectivity index (χ4n) is 1.21. The third kappa shape index (κ3) is 9.09. The van der Waals surface area contributed by atoms with Gasteiger partial charge in [-0.25, -0.2) is 0 Å². The molecule has 0 spiro atoms. The predicted octanol–water partition coefficient (Wildman–Crippen LogP) is 1.43. The Labute approximate surface area is 99.4 Å². The van der Waals surface area contributed by atoms with Gasteiger partial charge in [0.15, 0.2) is 0 Å². The van der Waals surface area contributed by atoms with Gasteiger partial charge in [0.1, 0.15) is 0 Å². The first kappa shape index (κ1) is 15.8. The number of nitrogens with two attached hydrogens (primary N) is 1. The highest BCUT2D eigenvalue weighted by Crippen LogP contribution is 2.05. The average molecular weight is 233 g/mol. The molecule has 0 aromatic heterocycles. The molecular weight excluding hydrogens is 206 g/mol. The monoisotopic (exact) mass is 233 g/mol. The SMILES string of the molecule is CCC(C)C(N)COCCOCCCOC. The Bertz CT molecular complexity index is 144. The predicted molar refractivity (Wildman–Crippen MR) is 65.6 cm³/mol. The lowest BCUT2D eigenvalue weighted by Gasteiger charge is -2.18. The van der Waals surface area contributed by atoms with Crippen molar-refractivity contribution in [1.29, 1.82) is 0 Å². The minimum Gasteiger partial charge on any atom is -0.385 e. The highest BCUT2D eigenvalue weighted by Gasteiger charge is 2.09. The topological polar surface area (TPSA) is 53.7 Å². The molecule has 0 aromatic carbocycles. The van der Waals surface area contributed by atoms with Gasteiger partial charge in [-0.3, -0.25) is 0 Å². The van der Waals surface area contributed by atoms with Crippen molar-refractivity contribution in [1.82, 2.24) is 0 Å². The summed E-state index contributed by atoms with van der Waals surface area (Å²) in [5, 5.41) is 0. The molecule has 0 bridgehead atoms. The standard InChI is InChI=1S/C12H27NO3/c1-4-11(2)12(13)10-16-9-8-15-7-5-6-14-3/h11-12H,4-10,13H2,1-3H3. The molecule has 0 aliphatic heterocycles. The third-order valence-electron chi connectivity index (χ3n) is 2.69. The normalized spacial score (nSPS) is 15.0.